The number of nitrogens with one attached hydrogen (secondary N) is 1. The minimum Gasteiger partial charge on any atom is -0.495 e. The Kier molecular flexibility index (Phi) is 3.65. The van der Waals surface area contributed by atoms with Gasteiger partial charge in [-0.25, -0.2) is 0 Å². The second-order valence-corrected chi connectivity index (χ2v) is 4.55. The summed E-state index contributed by atoms with van der Waals surface area (Å²) in [7, 11) is 5.37. The maximum absolute atomic E-state index is 7.75. The Morgan fingerprint density at radius 1 is 1.40 bits per heavy atom. The lowest BCUT2D eigenvalue weighted by Crippen LogP contribution is -2.20. The molecule has 20 heavy (non-hydrogen) atoms. The highest BCUT2D eigenvalue weighted by molar-refractivity contribution is 6.01. The molecule has 106 valence electrons. The molecule has 0 saturated carbocycles. The van der Waals surface area contributed by atoms with Gasteiger partial charge in [-0.1, -0.05) is 12.1 Å². The highest BCUT2D eigenvalue weighted by Gasteiger charge is 2.21. The molecule has 0 spiro atoms. The number of anilines is 2. The number of hydrogen-bond donors (Lipinski definition) is 2. The molecule has 0 aliphatic rings. The first-order valence-corrected chi connectivity index (χ1v) is 6.22. The topological polar surface area (TPSA) is 80.2 Å². The molecular formula is C14H19N5O. The molecule has 0 aliphatic heterocycles. The van der Waals surface area contributed by atoms with Gasteiger partial charge >= 0.3 is 0 Å². The SMILES string of the molecule is COc1ccccc1N(C)c1c(C(=N)N)c(C)nn1C. The first-order chi connectivity index (χ1) is 9.47. The molecule has 6 heteroatoms. The van der Waals surface area contributed by atoms with Crippen LogP contribution in [0.4, 0.5) is 11.5 Å². The Balaban J connectivity index is 2.59. The van der Waals surface area contributed by atoms with E-state index in [9.17, 15) is 0 Å². The van der Waals surface area contributed by atoms with Crippen LogP contribution < -0.4 is 15.4 Å². The lowest BCUT2D eigenvalue weighted by atomic mass is 10.2. The van der Waals surface area contributed by atoms with E-state index in [2.05, 4.69) is 5.10 Å². The summed E-state index contributed by atoms with van der Waals surface area (Å²) in [6.07, 6.45) is 0. The van der Waals surface area contributed by atoms with E-state index in [-0.39, 0.29) is 5.84 Å². The molecule has 1 aromatic carbocycles. The third-order valence-electron chi connectivity index (χ3n) is 3.23. The first-order valence-electron chi connectivity index (χ1n) is 6.22. The summed E-state index contributed by atoms with van der Waals surface area (Å²) in [5, 5.41) is 12.1. The normalized spacial score (nSPS) is 10.4. The van der Waals surface area contributed by atoms with E-state index in [1.165, 1.54) is 0 Å². The molecule has 0 radical (unpaired) electrons. The van der Waals surface area contributed by atoms with Gasteiger partial charge in [-0.15, -0.1) is 0 Å². The van der Waals surface area contributed by atoms with Crippen molar-refractivity contribution in [3.05, 3.63) is 35.5 Å². The van der Waals surface area contributed by atoms with E-state index in [0.29, 0.717) is 5.56 Å². The molecular weight excluding hydrogens is 254 g/mol. The molecule has 1 aromatic heterocycles. The minimum atomic E-state index is 0.00680. The van der Waals surface area contributed by atoms with Crippen LogP contribution in [0, 0.1) is 12.3 Å². The fraction of sp³-hybridized carbons (Fsp3) is 0.286. The summed E-state index contributed by atoms with van der Waals surface area (Å²) in [5.41, 5.74) is 7.95. The standard InChI is InChI=1S/C14H19N5O/c1-9-12(13(15)16)14(19(3)17-9)18(2)10-7-5-6-8-11(10)20-4/h5-8H,1-4H3,(H3,15,16). The second kappa shape index (κ2) is 5.24. The van der Waals surface area contributed by atoms with Crippen LogP contribution in [0.5, 0.6) is 5.75 Å². The van der Waals surface area contributed by atoms with Crippen molar-refractivity contribution in [2.45, 2.75) is 6.92 Å². The van der Waals surface area contributed by atoms with Gasteiger partial charge in [0.2, 0.25) is 0 Å². The predicted octanol–water partition coefficient (Wildman–Crippen LogP) is 1.79. The molecule has 3 N–H and O–H groups in total. The lowest BCUT2D eigenvalue weighted by molar-refractivity contribution is 0.415. The van der Waals surface area contributed by atoms with Crippen LogP contribution >= 0.6 is 0 Å². The minimum absolute atomic E-state index is 0.00680. The lowest BCUT2D eigenvalue weighted by Gasteiger charge is -2.22. The number of methoxy groups -OCH3 is 1. The maximum Gasteiger partial charge on any atom is 0.142 e. The number of benzene rings is 1. The summed E-state index contributed by atoms with van der Waals surface area (Å²) in [6.45, 7) is 1.84. The molecule has 0 aliphatic carbocycles. The third kappa shape index (κ3) is 2.20. The molecule has 6 nitrogen and oxygen atoms in total. The zero-order valence-corrected chi connectivity index (χ0v) is 12.1. The van der Waals surface area contributed by atoms with Crippen molar-refractivity contribution >= 4 is 17.3 Å². The van der Waals surface area contributed by atoms with Crippen molar-refractivity contribution in [1.82, 2.24) is 9.78 Å². The summed E-state index contributed by atoms with van der Waals surface area (Å²) in [5.74, 6) is 1.52. The van der Waals surface area contributed by atoms with Crippen LogP contribution in [0.1, 0.15) is 11.3 Å². The van der Waals surface area contributed by atoms with E-state index in [0.717, 1.165) is 22.9 Å². The van der Waals surface area contributed by atoms with Crippen LogP contribution in [-0.2, 0) is 7.05 Å². The van der Waals surface area contributed by atoms with Crippen LogP contribution in [0.15, 0.2) is 24.3 Å². The highest BCUT2D eigenvalue weighted by atomic mass is 16.5. The quantitative estimate of drug-likeness (QED) is 0.657. The number of aryl methyl sites for hydroxylation is 2. The van der Waals surface area contributed by atoms with E-state index in [4.69, 9.17) is 15.9 Å². The summed E-state index contributed by atoms with van der Waals surface area (Å²) >= 11 is 0. The van der Waals surface area contributed by atoms with E-state index in [1.807, 2.05) is 50.2 Å². The number of para-hydroxylation sites is 2. The molecule has 1 heterocycles. The molecule has 0 unspecified atom stereocenters. The monoisotopic (exact) mass is 273 g/mol. The van der Waals surface area contributed by atoms with Crippen molar-refractivity contribution in [2.24, 2.45) is 12.8 Å². The van der Waals surface area contributed by atoms with Gasteiger partial charge in [-0.2, -0.15) is 5.10 Å². The number of nitrogens with zero attached hydrogens (tertiary/aromatic N) is 3. The summed E-state index contributed by atoms with van der Waals surface area (Å²) in [4.78, 5) is 1.93. The largest absolute Gasteiger partial charge is 0.495 e. The van der Waals surface area contributed by atoms with Crippen molar-refractivity contribution < 1.29 is 4.74 Å². The highest BCUT2D eigenvalue weighted by Crippen LogP contribution is 2.34. The van der Waals surface area contributed by atoms with Crippen molar-refractivity contribution in [1.29, 1.82) is 5.41 Å². The van der Waals surface area contributed by atoms with E-state index in [1.54, 1.807) is 11.8 Å². The van der Waals surface area contributed by atoms with Gasteiger partial charge in [-0.3, -0.25) is 10.1 Å². The number of amidine groups is 1. The fourth-order valence-corrected chi connectivity index (χ4v) is 2.37. The number of nitrogens with two attached hydrogens (primary N) is 1. The van der Waals surface area contributed by atoms with Gasteiger partial charge in [0, 0.05) is 14.1 Å². The number of nitrogen functional groups attached to an aromatic ring is 1. The molecule has 0 fully saturated rings. The molecule has 0 atom stereocenters. The van der Waals surface area contributed by atoms with Gasteiger partial charge in [0.05, 0.1) is 24.1 Å². The fourth-order valence-electron chi connectivity index (χ4n) is 2.37. The smallest absolute Gasteiger partial charge is 0.142 e. The molecule has 0 amide bonds. The Labute approximate surface area is 118 Å². The third-order valence-corrected chi connectivity index (χ3v) is 3.23. The van der Waals surface area contributed by atoms with Gasteiger partial charge in [-0.05, 0) is 19.1 Å². The predicted molar refractivity (Wildman–Crippen MR) is 80.0 cm³/mol. The average Bonchev–Trinajstić information content (AvgIpc) is 2.72. The Morgan fingerprint density at radius 2 is 2.05 bits per heavy atom. The maximum atomic E-state index is 7.75. The number of aromatic nitrogens is 2. The Hall–Kier alpha value is -2.50. The zero-order valence-electron chi connectivity index (χ0n) is 12.1. The Morgan fingerprint density at radius 3 is 2.65 bits per heavy atom. The molecule has 2 rings (SSSR count). The summed E-state index contributed by atoms with van der Waals surface area (Å²) in [6, 6.07) is 7.69. The number of rotatable bonds is 4. The molecule has 2 aromatic rings. The average molecular weight is 273 g/mol. The van der Waals surface area contributed by atoms with E-state index >= 15 is 0 Å². The summed E-state index contributed by atoms with van der Waals surface area (Å²) < 4.78 is 7.10. The zero-order chi connectivity index (χ0) is 14.9. The van der Waals surface area contributed by atoms with Crippen molar-refractivity contribution in [3.63, 3.8) is 0 Å². The molecule has 0 bridgehead atoms. The van der Waals surface area contributed by atoms with Crippen molar-refractivity contribution in [3.8, 4) is 5.75 Å². The van der Waals surface area contributed by atoms with E-state index < -0.39 is 0 Å². The van der Waals surface area contributed by atoms with Gasteiger partial charge < -0.3 is 15.4 Å². The van der Waals surface area contributed by atoms with Crippen LogP contribution in [-0.4, -0.2) is 29.8 Å². The van der Waals surface area contributed by atoms with Gasteiger partial charge in [0.1, 0.15) is 17.4 Å². The Bertz CT molecular complexity index is 647. The number of ether oxygens (including phenoxy) is 1. The molecule has 0 saturated heterocycles. The van der Waals surface area contributed by atoms with Crippen LogP contribution in [0.2, 0.25) is 0 Å². The number of hydrogen-bond acceptors (Lipinski definition) is 4. The second-order valence-electron chi connectivity index (χ2n) is 4.55. The van der Waals surface area contributed by atoms with Gasteiger partial charge in [0.15, 0.2) is 0 Å². The van der Waals surface area contributed by atoms with Crippen molar-refractivity contribution in [2.75, 3.05) is 19.1 Å². The van der Waals surface area contributed by atoms with Crippen LogP contribution in [0.3, 0.4) is 0 Å². The van der Waals surface area contributed by atoms with Gasteiger partial charge in [0.25, 0.3) is 0 Å². The van der Waals surface area contributed by atoms with Crippen LogP contribution in [0.25, 0.3) is 0 Å². The first kappa shape index (κ1) is 13.9.